The molecule has 10 heteroatoms. The van der Waals surface area contributed by atoms with Gasteiger partial charge in [0.1, 0.15) is 5.69 Å². The summed E-state index contributed by atoms with van der Waals surface area (Å²) >= 11 is 1.26. The van der Waals surface area contributed by atoms with Crippen molar-refractivity contribution in [2.24, 2.45) is 0 Å². The highest BCUT2D eigenvalue weighted by atomic mass is 32.2. The van der Waals surface area contributed by atoms with Crippen LogP contribution in [0.15, 0.2) is 11.1 Å². The molecule has 1 aliphatic heterocycles. The Morgan fingerprint density at radius 3 is 2.55 bits per heavy atom. The third-order valence-electron chi connectivity index (χ3n) is 4.39. The molecular weight excluding hydrogens is 400 g/mol. The second-order valence-corrected chi connectivity index (χ2v) is 7.15. The summed E-state index contributed by atoms with van der Waals surface area (Å²) in [5.74, 6) is -1.49. The van der Waals surface area contributed by atoms with Crippen molar-refractivity contribution in [3.05, 3.63) is 33.6 Å². The molecule has 0 unspecified atom stereocenters. The van der Waals surface area contributed by atoms with Gasteiger partial charge in [-0.05, 0) is 25.3 Å². The molecule has 1 N–H and O–H groups in total. The molecule has 1 fully saturated rings. The summed E-state index contributed by atoms with van der Waals surface area (Å²) in [5, 5.41) is 0.517. The minimum absolute atomic E-state index is 0.0757. The Kier molecular flexibility index (Phi) is 7.89. The van der Waals surface area contributed by atoms with Crippen LogP contribution in [0, 0.1) is 6.92 Å². The van der Waals surface area contributed by atoms with E-state index in [1.807, 2.05) is 6.92 Å². The molecule has 1 amide bonds. The molecule has 0 aromatic carbocycles. The number of ether oxygens (including phenoxy) is 3. The fourth-order valence-corrected chi connectivity index (χ4v) is 3.85. The maximum atomic E-state index is 12.4. The van der Waals surface area contributed by atoms with Gasteiger partial charge in [-0.15, -0.1) is 0 Å². The van der Waals surface area contributed by atoms with E-state index < -0.39 is 17.9 Å². The predicted octanol–water partition coefficient (Wildman–Crippen LogP) is 1.81. The van der Waals surface area contributed by atoms with Crippen molar-refractivity contribution >= 4 is 35.6 Å². The average molecular weight is 424 g/mol. The van der Waals surface area contributed by atoms with Gasteiger partial charge in [0, 0.05) is 12.2 Å². The Hall–Kier alpha value is -2.75. The van der Waals surface area contributed by atoms with Crippen LogP contribution in [0.5, 0.6) is 0 Å². The van der Waals surface area contributed by atoms with Gasteiger partial charge >= 0.3 is 17.9 Å². The molecule has 2 heterocycles. The molecule has 1 aromatic rings. The predicted molar refractivity (Wildman–Crippen MR) is 105 cm³/mol. The largest absolute Gasteiger partial charge is 0.466 e. The zero-order valence-electron chi connectivity index (χ0n) is 16.8. The van der Waals surface area contributed by atoms with Crippen LogP contribution in [0.1, 0.15) is 45.4 Å². The Morgan fingerprint density at radius 2 is 1.93 bits per heavy atom. The number of hydrogen-bond donors (Lipinski definition) is 1. The topological polar surface area (TPSA) is 115 Å². The number of aryl methyl sites for hydroxylation is 1. The minimum atomic E-state index is -0.584. The lowest BCUT2D eigenvalue weighted by atomic mass is 10.1. The highest BCUT2D eigenvalue weighted by molar-refractivity contribution is 8.04. The smallest absolute Gasteiger partial charge is 0.355 e. The van der Waals surface area contributed by atoms with Crippen molar-refractivity contribution in [1.29, 1.82) is 0 Å². The highest BCUT2D eigenvalue weighted by Crippen LogP contribution is 2.29. The van der Waals surface area contributed by atoms with Gasteiger partial charge in [0.05, 0.1) is 43.2 Å². The van der Waals surface area contributed by atoms with Gasteiger partial charge in [-0.25, -0.2) is 14.4 Å². The molecule has 1 saturated heterocycles. The number of methoxy groups -OCH3 is 2. The number of aromatic amines is 1. The monoisotopic (exact) mass is 424 g/mol. The number of carbonyl (C=O) groups is 4. The van der Waals surface area contributed by atoms with E-state index >= 15 is 0 Å². The maximum absolute atomic E-state index is 12.4. The van der Waals surface area contributed by atoms with Crippen LogP contribution in [0.4, 0.5) is 0 Å². The number of amides is 1. The first-order valence-electron chi connectivity index (χ1n) is 9.03. The molecular formula is C19H24N2O7S. The number of carbonyl (C=O) groups excluding carboxylic acids is 4. The molecule has 1 aromatic heterocycles. The summed E-state index contributed by atoms with van der Waals surface area (Å²) in [5.41, 5.74) is 1.65. The lowest BCUT2D eigenvalue weighted by molar-refractivity contribution is -0.134. The van der Waals surface area contributed by atoms with Crippen LogP contribution in [0.2, 0.25) is 0 Å². The molecule has 1 aliphatic rings. The molecule has 0 spiro atoms. The fourth-order valence-electron chi connectivity index (χ4n) is 2.89. The zero-order chi connectivity index (χ0) is 21.6. The van der Waals surface area contributed by atoms with E-state index in [0.29, 0.717) is 41.2 Å². The molecule has 29 heavy (non-hydrogen) atoms. The molecule has 0 aliphatic carbocycles. The van der Waals surface area contributed by atoms with E-state index in [-0.39, 0.29) is 24.0 Å². The molecule has 0 radical (unpaired) electrons. The summed E-state index contributed by atoms with van der Waals surface area (Å²) in [6.07, 6.45) is 2.19. The van der Waals surface area contributed by atoms with Gasteiger partial charge in [-0.1, -0.05) is 18.7 Å². The SMILES string of the molecule is CCc1[nH]c(C(=O)OCCCN2C(=O)CS/C2=C\C(=O)OC)c(C)c1C(=O)OC. The van der Waals surface area contributed by atoms with E-state index in [2.05, 4.69) is 9.72 Å². The van der Waals surface area contributed by atoms with Crippen molar-refractivity contribution in [2.75, 3.05) is 33.1 Å². The van der Waals surface area contributed by atoms with Gasteiger partial charge in [0.2, 0.25) is 5.91 Å². The number of rotatable bonds is 8. The van der Waals surface area contributed by atoms with Crippen LogP contribution in [-0.2, 0) is 30.2 Å². The fraction of sp³-hybridized carbons (Fsp3) is 0.474. The van der Waals surface area contributed by atoms with Crippen LogP contribution in [0.3, 0.4) is 0 Å². The third-order valence-corrected chi connectivity index (χ3v) is 5.41. The highest BCUT2D eigenvalue weighted by Gasteiger charge is 2.27. The summed E-state index contributed by atoms with van der Waals surface area (Å²) in [7, 11) is 2.55. The first-order chi connectivity index (χ1) is 13.8. The van der Waals surface area contributed by atoms with E-state index in [0.717, 1.165) is 0 Å². The molecule has 9 nitrogen and oxygen atoms in total. The number of aromatic nitrogens is 1. The number of thioether (sulfide) groups is 1. The van der Waals surface area contributed by atoms with Gasteiger partial charge in [-0.3, -0.25) is 4.79 Å². The quantitative estimate of drug-likeness (QED) is 0.291. The van der Waals surface area contributed by atoms with Crippen LogP contribution < -0.4 is 0 Å². The van der Waals surface area contributed by atoms with Crippen molar-refractivity contribution < 1.29 is 33.4 Å². The van der Waals surface area contributed by atoms with Gasteiger partial charge < -0.3 is 24.1 Å². The lowest BCUT2D eigenvalue weighted by Gasteiger charge is -2.16. The van der Waals surface area contributed by atoms with E-state index in [9.17, 15) is 19.2 Å². The Labute approximate surface area is 172 Å². The van der Waals surface area contributed by atoms with Gasteiger partial charge in [0.25, 0.3) is 0 Å². The maximum Gasteiger partial charge on any atom is 0.355 e. The molecule has 0 saturated carbocycles. The van der Waals surface area contributed by atoms with Gasteiger partial charge in [0.15, 0.2) is 0 Å². The molecule has 2 rings (SSSR count). The number of esters is 3. The first-order valence-corrected chi connectivity index (χ1v) is 10.0. The number of nitrogens with zero attached hydrogens (tertiary/aromatic N) is 1. The van der Waals surface area contributed by atoms with Crippen LogP contribution in [-0.4, -0.2) is 66.8 Å². The van der Waals surface area contributed by atoms with Crippen LogP contribution >= 0.6 is 11.8 Å². The summed E-state index contributed by atoms with van der Waals surface area (Å²) < 4.78 is 14.7. The zero-order valence-corrected chi connectivity index (χ0v) is 17.6. The first kappa shape index (κ1) is 22.5. The van der Waals surface area contributed by atoms with E-state index in [4.69, 9.17) is 9.47 Å². The van der Waals surface area contributed by atoms with Crippen molar-refractivity contribution in [1.82, 2.24) is 9.88 Å². The lowest BCUT2D eigenvalue weighted by Crippen LogP contribution is -2.27. The Bertz CT molecular complexity index is 844. The second kappa shape index (κ2) is 10.1. The van der Waals surface area contributed by atoms with Crippen molar-refractivity contribution in [3.63, 3.8) is 0 Å². The number of hydrogen-bond acceptors (Lipinski definition) is 8. The molecule has 158 valence electrons. The summed E-state index contributed by atoms with van der Waals surface area (Å²) in [6, 6.07) is 0. The van der Waals surface area contributed by atoms with Crippen LogP contribution in [0.25, 0.3) is 0 Å². The standard InChI is InChI=1S/C19H24N2O7S/c1-5-12-16(18(24)27-4)11(2)17(20-12)19(25)28-8-6-7-21-13(22)10-29-14(21)9-15(23)26-3/h9,20H,5-8,10H2,1-4H3/b14-9-. The summed E-state index contributed by atoms with van der Waals surface area (Å²) in [4.78, 5) is 52.1. The molecule has 0 atom stereocenters. The van der Waals surface area contributed by atoms with Crippen molar-refractivity contribution in [3.8, 4) is 0 Å². The van der Waals surface area contributed by atoms with Crippen molar-refractivity contribution in [2.45, 2.75) is 26.7 Å². The molecule has 0 bridgehead atoms. The normalized spacial score (nSPS) is 15.0. The Morgan fingerprint density at radius 1 is 1.21 bits per heavy atom. The van der Waals surface area contributed by atoms with E-state index in [1.54, 1.807) is 6.92 Å². The average Bonchev–Trinajstić information content (AvgIpc) is 3.23. The number of H-pyrrole nitrogens is 1. The van der Waals surface area contributed by atoms with Gasteiger partial charge in [-0.2, -0.15) is 0 Å². The van der Waals surface area contributed by atoms with E-state index in [1.165, 1.54) is 37.0 Å². The summed E-state index contributed by atoms with van der Waals surface area (Å²) in [6.45, 7) is 3.89. The number of nitrogens with one attached hydrogen (secondary N) is 1. The minimum Gasteiger partial charge on any atom is -0.466 e. The second-order valence-electron chi connectivity index (χ2n) is 6.15. The Balaban J connectivity index is 1.96. The third kappa shape index (κ3) is 5.20.